The zero-order valence-corrected chi connectivity index (χ0v) is 17.8. The number of benzene rings is 1. The van der Waals surface area contributed by atoms with Gasteiger partial charge in [-0.15, -0.1) is 11.3 Å². The van der Waals surface area contributed by atoms with E-state index in [9.17, 15) is 19.5 Å². The summed E-state index contributed by atoms with van der Waals surface area (Å²) < 4.78 is 0. The number of nitrogens with one attached hydrogen (secondary N) is 2. The number of aryl methyl sites for hydroxylation is 2. The van der Waals surface area contributed by atoms with Crippen LogP contribution in [0, 0.1) is 18.8 Å². The molecule has 4 rings (SSSR count). The number of carbonyl (C=O) groups excluding carboxylic acids is 2. The normalized spacial score (nSPS) is 20.4. The predicted molar refractivity (Wildman–Crippen MR) is 117 cm³/mol. The fourth-order valence-corrected chi connectivity index (χ4v) is 5.88. The van der Waals surface area contributed by atoms with Crippen LogP contribution in [-0.4, -0.2) is 22.9 Å². The third kappa shape index (κ3) is 4.12. The topological polar surface area (TPSA) is 95.5 Å². The molecule has 6 nitrogen and oxygen atoms in total. The number of fused-ring (bicyclic) bond motifs is 1. The van der Waals surface area contributed by atoms with Gasteiger partial charge in [0.25, 0.3) is 5.91 Å². The number of carboxylic acids is 1. The molecule has 7 heteroatoms. The summed E-state index contributed by atoms with van der Waals surface area (Å²) in [7, 11) is 0. The van der Waals surface area contributed by atoms with Crippen molar-refractivity contribution in [2.75, 3.05) is 10.6 Å². The van der Waals surface area contributed by atoms with Crippen molar-refractivity contribution in [3.8, 4) is 0 Å². The molecule has 1 saturated carbocycles. The number of anilines is 2. The van der Waals surface area contributed by atoms with E-state index < -0.39 is 17.8 Å². The Labute approximate surface area is 179 Å². The third-order valence-electron chi connectivity index (χ3n) is 6.08. The highest BCUT2D eigenvalue weighted by molar-refractivity contribution is 7.17. The summed E-state index contributed by atoms with van der Waals surface area (Å²) in [6.07, 6.45) is 5.50. The molecule has 0 aliphatic heterocycles. The number of carboxylic acid groups (broad SMARTS) is 1. The van der Waals surface area contributed by atoms with E-state index in [4.69, 9.17) is 0 Å². The van der Waals surface area contributed by atoms with Crippen LogP contribution in [0.3, 0.4) is 0 Å². The van der Waals surface area contributed by atoms with Crippen LogP contribution in [-0.2, 0) is 22.4 Å². The molecular formula is C23H26N2O4S. The molecule has 2 amide bonds. The van der Waals surface area contributed by atoms with Crippen molar-refractivity contribution in [1.82, 2.24) is 0 Å². The average Bonchev–Trinajstić information content (AvgIpc) is 3.28. The molecule has 1 aromatic heterocycles. The van der Waals surface area contributed by atoms with Crippen LogP contribution >= 0.6 is 11.3 Å². The Bertz CT molecular complexity index is 997. The SMILES string of the molecule is Cc1cccc(NC(=O)c2c(NC(=O)[C@H]3CCCC[C@@H]3C(=O)O)sc3c2CCC3)c1. The Balaban J connectivity index is 1.59. The lowest BCUT2D eigenvalue weighted by molar-refractivity contribution is -0.147. The number of aliphatic carboxylic acids is 1. The van der Waals surface area contributed by atoms with E-state index in [1.807, 2.05) is 31.2 Å². The quantitative estimate of drug-likeness (QED) is 0.650. The molecule has 2 atom stereocenters. The number of thiophene rings is 1. The summed E-state index contributed by atoms with van der Waals surface area (Å²) in [6, 6.07) is 7.60. The molecule has 1 aromatic carbocycles. The predicted octanol–water partition coefficient (Wildman–Crippen LogP) is 4.63. The number of carbonyl (C=O) groups is 3. The molecule has 158 valence electrons. The fraction of sp³-hybridized carbons (Fsp3) is 0.435. The summed E-state index contributed by atoms with van der Waals surface area (Å²) in [5, 5.41) is 15.9. The lowest BCUT2D eigenvalue weighted by Gasteiger charge is -2.27. The fourth-order valence-electron chi connectivity index (χ4n) is 4.59. The molecule has 1 fully saturated rings. The van der Waals surface area contributed by atoms with E-state index in [-0.39, 0.29) is 11.8 Å². The van der Waals surface area contributed by atoms with Crippen LogP contribution in [0.5, 0.6) is 0 Å². The third-order valence-corrected chi connectivity index (χ3v) is 7.29. The van der Waals surface area contributed by atoms with Gasteiger partial charge in [-0.1, -0.05) is 25.0 Å². The molecule has 0 unspecified atom stereocenters. The van der Waals surface area contributed by atoms with Crippen LogP contribution < -0.4 is 10.6 Å². The Morgan fingerprint density at radius 2 is 1.80 bits per heavy atom. The van der Waals surface area contributed by atoms with Crippen molar-refractivity contribution in [1.29, 1.82) is 0 Å². The molecule has 2 aliphatic rings. The molecule has 3 N–H and O–H groups in total. The van der Waals surface area contributed by atoms with Gasteiger partial charge < -0.3 is 15.7 Å². The van der Waals surface area contributed by atoms with Gasteiger partial charge in [-0.2, -0.15) is 0 Å². The van der Waals surface area contributed by atoms with Crippen LogP contribution in [0.1, 0.15) is 58.5 Å². The number of hydrogen-bond acceptors (Lipinski definition) is 4. The largest absolute Gasteiger partial charge is 0.481 e. The zero-order chi connectivity index (χ0) is 21.3. The maximum Gasteiger partial charge on any atom is 0.307 e. The molecule has 0 radical (unpaired) electrons. The summed E-state index contributed by atoms with van der Waals surface area (Å²) in [5.74, 6) is -2.64. The van der Waals surface area contributed by atoms with E-state index >= 15 is 0 Å². The van der Waals surface area contributed by atoms with Crippen LogP contribution in [0.15, 0.2) is 24.3 Å². The lowest BCUT2D eigenvalue weighted by atomic mass is 9.79. The molecule has 2 aliphatic carbocycles. The van der Waals surface area contributed by atoms with Gasteiger partial charge in [0.05, 0.1) is 17.4 Å². The van der Waals surface area contributed by atoms with Crippen molar-refractivity contribution < 1.29 is 19.5 Å². The van der Waals surface area contributed by atoms with Crippen LogP contribution in [0.4, 0.5) is 10.7 Å². The second-order valence-corrected chi connectivity index (χ2v) is 9.32. The van der Waals surface area contributed by atoms with E-state index in [0.717, 1.165) is 48.1 Å². The average molecular weight is 427 g/mol. The Kier molecular flexibility index (Phi) is 5.90. The van der Waals surface area contributed by atoms with Gasteiger partial charge in [0.1, 0.15) is 5.00 Å². The molecule has 0 bridgehead atoms. The van der Waals surface area contributed by atoms with E-state index in [2.05, 4.69) is 10.6 Å². The minimum Gasteiger partial charge on any atom is -0.481 e. The monoisotopic (exact) mass is 426 g/mol. The molecule has 0 spiro atoms. The smallest absolute Gasteiger partial charge is 0.307 e. The molecule has 2 aromatic rings. The Morgan fingerprint density at radius 1 is 1.03 bits per heavy atom. The highest BCUT2D eigenvalue weighted by Gasteiger charge is 2.37. The second-order valence-electron chi connectivity index (χ2n) is 8.21. The summed E-state index contributed by atoms with van der Waals surface area (Å²) in [5.41, 5.74) is 3.31. The highest BCUT2D eigenvalue weighted by atomic mass is 32.1. The molecular weight excluding hydrogens is 400 g/mol. The molecule has 30 heavy (non-hydrogen) atoms. The van der Waals surface area contributed by atoms with Crippen molar-refractivity contribution >= 4 is 39.8 Å². The first-order valence-corrected chi connectivity index (χ1v) is 11.3. The van der Waals surface area contributed by atoms with E-state index in [0.29, 0.717) is 29.1 Å². The zero-order valence-electron chi connectivity index (χ0n) is 17.0. The number of rotatable bonds is 5. The van der Waals surface area contributed by atoms with Crippen LogP contribution in [0.25, 0.3) is 0 Å². The summed E-state index contributed by atoms with van der Waals surface area (Å²) in [6.45, 7) is 1.96. The van der Waals surface area contributed by atoms with E-state index in [1.54, 1.807) is 0 Å². The van der Waals surface area contributed by atoms with E-state index in [1.165, 1.54) is 11.3 Å². The first-order valence-electron chi connectivity index (χ1n) is 10.5. The first kappa shape index (κ1) is 20.6. The lowest BCUT2D eigenvalue weighted by Crippen LogP contribution is -2.36. The number of amides is 2. The molecule has 0 saturated heterocycles. The van der Waals surface area contributed by atoms with Gasteiger partial charge in [0, 0.05) is 10.6 Å². The van der Waals surface area contributed by atoms with Crippen molar-refractivity contribution in [3.05, 3.63) is 45.8 Å². The van der Waals surface area contributed by atoms with Gasteiger partial charge in [0.2, 0.25) is 5.91 Å². The highest BCUT2D eigenvalue weighted by Crippen LogP contribution is 2.40. The van der Waals surface area contributed by atoms with Crippen molar-refractivity contribution in [2.45, 2.75) is 51.9 Å². The maximum atomic E-state index is 13.1. The van der Waals surface area contributed by atoms with Gasteiger partial charge in [-0.25, -0.2) is 0 Å². The standard InChI is InChI=1S/C23H26N2O4S/c1-13-6-4-7-14(12-13)24-21(27)19-17-10-5-11-18(17)30-22(19)25-20(26)15-8-2-3-9-16(15)23(28)29/h4,6-7,12,15-16H,2-3,5,8-11H2,1H3,(H,24,27)(H,25,26)(H,28,29)/t15-,16-/m0/s1. The van der Waals surface area contributed by atoms with Crippen LogP contribution in [0.2, 0.25) is 0 Å². The van der Waals surface area contributed by atoms with Gasteiger partial charge >= 0.3 is 5.97 Å². The van der Waals surface area contributed by atoms with Crippen molar-refractivity contribution in [3.63, 3.8) is 0 Å². The van der Waals surface area contributed by atoms with Gasteiger partial charge in [0.15, 0.2) is 0 Å². The Morgan fingerprint density at radius 3 is 2.53 bits per heavy atom. The Hall–Kier alpha value is -2.67. The minimum atomic E-state index is -0.916. The second kappa shape index (κ2) is 8.60. The summed E-state index contributed by atoms with van der Waals surface area (Å²) >= 11 is 1.45. The summed E-state index contributed by atoms with van der Waals surface area (Å²) in [4.78, 5) is 38.9. The maximum absolute atomic E-state index is 13.1. The van der Waals surface area contributed by atoms with Crippen molar-refractivity contribution in [2.24, 2.45) is 11.8 Å². The number of hydrogen-bond donors (Lipinski definition) is 3. The van der Waals surface area contributed by atoms with Gasteiger partial charge in [-0.05, 0) is 62.3 Å². The molecule has 1 heterocycles. The minimum absolute atomic E-state index is 0.228. The van der Waals surface area contributed by atoms with Gasteiger partial charge in [-0.3, -0.25) is 14.4 Å². The first-order chi connectivity index (χ1) is 14.4.